The van der Waals surface area contributed by atoms with Gasteiger partial charge in [0.15, 0.2) is 0 Å². The molecule has 0 aromatic heterocycles. The van der Waals surface area contributed by atoms with Gasteiger partial charge in [0, 0.05) is 12.8 Å². The van der Waals surface area contributed by atoms with Crippen molar-refractivity contribution in [3.05, 3.63) is 42.2 Å². The number of rotatable bonds is 2. The van der Waals surface area contributed by atoms with Gasteiger partial charge in [-0.25, -0.2) is 14.2 Å². The third-order valence-corrected chi connectivity index (χ3v) is 11.0. The fourth-order valence-corrected chi connectivity index (χ4v) is 8.81. The van der Waals surface area contributed by atoms with E-state index < -0.39 is 5.79 Å². The third-order valence-electron chi connectivity index (χ3n) is 11.0. The van der Waals surface area contributed by atoms with E-state index in [1.807, 2.05) is 0 Å². The van der Waals surface area contributed by atoms with E-state index in [1.165, 1.54) is 37.8 Å². The summed E-state index contributed by atoms with van der Waals surface area (Å²) in [4.78, 5) is 11.9. The number of hydrogen-bond donors (Lipinski definition) is 1. The van der Waals surface area contributed by atoms with Crippen LogP contribution in [0, 0.1) is 40.3 Å². The number of ether oxygens (including phenoxy) is 1. The van der Waals surface area contributed by atoms with Crippen LogP contribution in [-0.4, -0.2) is 29.7 Å². The molecule has 0 unspecified atom stereocenters. The van der Waals surface area contributed by atoms with E-state index in [0.717, 1.165) is 55.1 Å². The molecule has 0 amide bonds. The van der Waals surface area contributed by atoms with Crippen LogP contribution < -0.4 is 0 Å². The number of halogens is 1. The van der Waals surface area contributed by atoms with Crippen molar-refractivity contribution in [1.29, 1.82) is 0 Å². The van der Waals surface area contributed by atoms with E-state index in [0.29, 0.717) is 23.9 Å². The molecule has 4 nitrogen and oxygen atoms in total. The number of hydrogen-bond acceptors (Lipinski definition) is 4. The molecular weight excluding hydrogens is 431 g/mol. The molecule has 186 valence electrons. The zero-order chi connectivity index (χ0) is 23.7. The highest BCUT2D eigenvalue weighted by molar-refractivity contribution is 5.66. The summed E-state index contributed by atoms with van der Waals surface area (Å²) in [6.07, 6.45) is 9.39. The topological polar surface area (TPSA) is 47.9 Å². The first-order chi connectivity index (χ1) is 16.2. The molecule has 5 aliphatic rings. The maximum Gasteiger partial charge on any atom is 0.202 e. The van der Waals surface area contributed by atoms with Crippen LogP contribution in [0.1, 0.15) is 77.2 Å². The Balaban J connectivity index is 1.13. The number of fused-ring (bicyclic) bond motifs is 5. The molecule has 1 spiro atoms. The first kappa shape index (κ1) is 23.1. The predicted octanol–water partition coefficient (Wildman–Crippen LogP) is 6.29. The number of benzene rings is 1. The molecule has 0 radical (unpaired) electrons. The lowest BCUT2D eigenvalue weighted by atomic mass is 9.45. The van der Waals surface area contributed by atoms with Crippen LogP contribution in [0.25, 0.3) is 5.57 Å². The van der Waals surface area contributed by atoms with Gasteiger partial charge in [-0.2, -0.15) is 0 Å². The highest BCUT2D eigenvalue weighted by Gasteiger charge is 2.62. The molecule has 1 aromatic carbocycles. The minimum absolute atomic E-state index is 0.114. The van der Waals surface area contributed by atoms with Gasteiger partial charge < -0.3 is 9.84 Å². The second-order valence-electron chi connectivity index (χ2n) is 12.4. The van der Waals surface area contributed by atoms with Crippen LogP contribution in [0.15, 0.2) is 30.8 Å². The summed E-state index contributed by atoms with van der Waals surface area (Å²) >= 11 is 0. The Morgan fingerprint density at radius 1 is 0.971 bits per heavy atom. The molecule has 1 N–H and O–H groups in total. The minimum Gasteiger partial charge on any atom is -0.393 e. The number of aliphatic hydroxyl groups is 1. The highest BCUT2D eigenvalue weighted by atomic mass is 19.1. The fraction of sp³-hybridized carbons (Fsp3) is 0.724. The van der Waals surface area contributed by atoms with Gasteiger partial charge in [-0.05, 0) is 103 Å². The van der Waals surface area contributed by atoms with Crippen LogP contribution in [0.4, 0.5) is 4.39 Å². The Kier molecular flexibility index (Phi) is 5.53. The molecule has 0 bridgehead atoms. The van der Waals surface area contributed by atoms with E-state index in [-0.39, 0.29) is 23.4 Å². The van der Waals surface area contributed by atoms with Gasteiger partial charge in [0.05, 0.1) is 12.7 Å². The molecule has 9 atom stereocenters. The van der Waals surface area contributed by atoms with Gasteiger partial charge >= 0.3 is 0 Å². The van der Waals surface area contributed by atoms with Crippen molar-refractivity contribution in [1.82, 2.24) is 0 Å². The molecule has 1 aliphatic heterocycles. The molecule has 4 saturated carbocycles. The lowest BCUT2D eigenvalue weighted by Crippen LogP contribution is -2.58. The van der Waals surface area contributed by atoms with Crippen molar-refractivity contribution in [2.24, 2.45) is 34.5 Å². The average Bonchev–Trinajstić information content (AvgIpc) is 3.15. The van der Waals surface area contributed by atoms with Crippen LogP contribution >= 0.6 is 0 Å². The molecule has 34 heavy (non-hydrogen) atoms. The second kappa shape index (κ2) is 8.12. The first-order valence-electron chi connectivity index (χ1n) is 13.4. The van der Waals surface area contributed by atoms with Gasteiger partial charge in [-0.15, -0.1) is 0 Å². The van der Waals surface area contributed by atoms with Gasteiger partial charge in [0.1, 0.15) is 11.9 Å². The highest BCUT2D eigenvalue weighted by Crippen LogP contribution is 2.67. The van der Waals surface area contributed by atoms with Crippen LogP contribution in [-0.2, 0) is 14.5 Å². The predicted molar refractivity (Wildman–Crippen MR) is 128 cm³/mol. The van der Waals surface area contributed by atoms with E-state index in [9.17, 15) is 9.50 Å². The zero-order valence-electron chi connectivity index (χ0n) is 20.6. The molecule has 6 rings (SSSR count). The maximum absolute atomic E-state index is 13.3. The summed E-state index contributed by atoms with van der Waals surface area (Å²) in [5, 5.41) is 10.7. The number of aliphatic hydroxyl groups excluding tert-OH is 1. The van der Waals surface area contributed by atoms with Gasteiger partial charge in [0.2, 0.25) is 5.79 Å². The Morgan fingerprint density at radius 3 is 2.47 bits per heavy atom. The zero-order valence-corrected chi connectivity index (χ0v) is 20.6. The largest absolute Gasteiger partial charge is 0.393 e. The van der Waals surface area contributed by atoms with Crippen molar-refractivity contribution in [2.75, 3.05) is 6.61 Å². The van der Waals surface area contributed by atoms with Gasteiger partial charge in [-0.1, -0.05) is 32.6 Å². The van der Waals surface area contributed by atoms with Crippen molar-refractivity contribution >= 4 is 5.57 Å². The minimum atomic E-state index is -0.663. The van der Waals surface area contributed by atoms with Crippen molar-refractivity contribution in [3.63, 3.8) is 0 Å². The average molecular weight is 471 g/mol. The molecule has 1 heterocycles. The first-order valence-corrected chi connectivity index (χ1v) is 13.4. The molecule has 1 aromatic rings. The van der Waals surface area contributed by atoms with E-state index in [4.69, 9.17) is 14.5 Å². The van der Waals surface area contributed by atoms with Crippen molar-refractivity contribution in [3.8, 4) is 0 Å². The normalized spacial score (nSPS) is 48.1. The van der Waals surface area contributed by atoms with Crippen molar-refractivity contribution in [2.45, 2.75) is 89.6 Å². The Hall–Kier alpha value is -1.27. The maximum atomic E-state index is 13.3. The summed E-state index contributed by atoms with van der Waals surface area (Å²) in [6, 6.07) is 6.30. The summed E-state index contributed by atoms with van der Waals surface area (Å²) < 4.78 is 19.7. The second-order valence-corrected chi connectivity index (χ2v) is 12.4. The molecular formula is C29H39FO4. The Morgan fingerprint density at radius 2 is 1.74 bits per heavy atom. The van der Waals surface area contributed by atoms with Crippen LogP contribution in [0.3, 0.4) is 0 Å². The summed E-state index contributed by atoms with van der Waals surface area (Å²) in [5.74, 6) is 1.81. The summed E-state index contributed by atoms with van der Waals surface area (Å²) in [5.41, 5.74) is 2.03. The lowest BCUT2D eigenvalue weighted by Gasteiger charge is -2.62. The molecule has 1 saturated heterocycles. The lowest BCUT2D eigenvalue weighted by molar-refractivity contribution is -0.489. The fourth-order valence-electron chi connectivity index (χ4n) is 8.81. The quantitative estimate of drug-likeness (QED) is 0.517. The SMILES string of the molecule is C=C(c1ccc(F)cc1)[C@@H]1CO[C@@]2(CC[C@@]3(C)[C@H](CC[C@@H]4[C@@H]3CC[C@]3(C)[C@@H](O)CC[C@@H]43)C2)OO1. The van der Waals surface area contributed by atoms with Gasteiger partial charge in [-0.3, -0.25) is 0 Å². The Bertz CT molecular complexity index is 938. The Labute approximate surface area is 202 Å². The molecule has 5 fully saturated rings. The van der Waals surface area contributed by atoms with E-state index in [2.05, 4.69) is 20.4 Å². The van der Waals surface area contributed by atoms with Crippen LogP contribution in [0.5, 0.6) is 0 Å². The summed E-state index contributed by atoms with van der Waals surface area (Å²) in [6.45, 7) is 9.43. The smallest absolute Gasteiger partial charge is 0.202 e. The molecule has 5 heteroatoms. The van der Waals surface area contributed by atoms with Crippen molar-refractivity contribution < 1.29 is 24.0 Å². The standard InChI is InChI=1S/C29H39FO4/c1-18(19-4-7-21(30)8-5-19)25-17-32-29(34-33-25)15-14-27(2)20(16-29)6-9-22-23-10-11-26(31)28(23,3)13-12-24(22)27/h4-5,7-8,20,22-26,31H,1,6,9-17H2,2-3H3/t20-,22+,23+,24+,25+,26+,27+,28+,29+/m1/s1. The van der Waals surface area contributed by atoms with E-state index >= 15 is 0 Å². The van der Waals surface area contributed by atoms with Crippen LogP contribution in [0.2, 0.25) is 0 Å². The monoisotopic (exact) mass is 470 g/mol. The summed E-state index contributed by atoms with van der Waals surface area (Å²) in [7, 11) is 0. The molecule has 4 aliphatic carbocycles. The third kappa shape index (κ3) is 3.45. The van der Waals surface area contributed by atoms with Gasteiger partial charge in [0.25, 0.3) is 0 Å². The van der Waals surface area contributed by atoms with E-state index in [1.54, 1.807) is 12.1 Å².